The van der Waals surface area contributed by atoms with E-state index in [1.54, 1.807) is 0 Å². The fourth-order valence-corrected chi connectivity index (χ4v) is 3.85. The van der Waals surface area contributed by atoms with E-state index in [9.17, 15) is 14.4 Å². The van der Waals surface area contributed by atoms with Gasteiger partial charge < -0.3 is 25.8 Å². The zero-order chi connectivity index (χ0) is 29.9. The highest BCUT2D eigenvalue weighted by Crippen LogP contribution is 2.18. The minimum atomic E-state index is -0.250. The number of carbonyl (C=O) groups is 6. The lowest BCUT2D eigenvalue weighted by Gasteiger charge is -2.17. The molecule has 0 aromatic carbocycles. The van der Waals surface area contributed by atoms with Crippen molar-refractivity contribution in [3.63, 3.8) is 0 Å². The molecule has 0 aromatic rings. The second-order valence-corrected chi connectivity index (χ2v) is 8.67. The summed E-state index contributed by atoms with van der Waals surface area (Å²) in [5, 5.41) is 20.8. The number of aliphatic hydroxyl groups excluding tert-OH is 1. The molecule has 1 fully saturated rings. The van der Waals surface area contributed by atoms with Gasteiger partial charge in [-0.1, -0.05) is 84.0 Å². The largest absolute Gasteiger partial charge is 0.483 e. The molecule has 0 radical (unpaired) electrons. The predicted octanol–water partition coefficient (Wildman–Crippen LogP) is 3.93. The Morgan fingerprint density at radius 2 is 1.03 bits per heavy atom. The van der Waals surface area contributed by atoms with Gasteiger partial charge in [-0.15, -0.1) is 0 Å². The number of carboxylic acid groups (broad SMARTS) is 2. The van der Waals surface area contributed by atoms with Gasteiger partial charge >= 0.3 is 0 Å². The van der Waals surface area contributed by atoms with Crippen molar-refractivity contribution in [3.05, 3.63) is 0 Å². The van der Waals surface area contributed by atoms with E-state index in [1.165, 1.54) is 81.9 Å². The molecule has 11 nitrogen and oxygen atoms in total. The number of imide groups is 1. The lowest BCUT2D eigenvalue weighted by Crippen LogP contribution is -2.30. The zero-order valence-corrected chi connectivity index (χ0v) is 23.4. The van der Waals surface area contributed by atoms with Gasteiger partial charge in [0.25, 0.3) is 12.9 Å². The van der Waals surface area contributed by atoms with Gasteiger partial charge in [-0.05, 0) is 18.8 Å². The number of aldehydes is 1. The normalized spacial score (nSPS) is 12.1. The van der Waals surface area contributed by atoms with Crippen LogP contribution in [0.5, 0.6) is 0 Å². The predicted molar refractivity (Wildman–Crippen MR) is 146 cm³/mol. The first-order valence-electron chi connectivity index (χ1n) is 13.4. The van der Waals surface area contributed by atoms with Crippen LogP contribution in [0.25, 0.3) is 0 Å². The standard InChI is InChI=1S/C23H41NO3.CH3NO.2CH2O2.CH4O/c1-21(18-19-24-22(26)16-17-23(24)27)15-13-11-9-7-5-3-2-4-6-8-10-12-14-20-25;3*2-1-3;1-2/h20-21H,2-19H2,1H3;1H,(H2,2,3);2*1H,(H,2,3);2H,1H3. The Hall–Kier alpha value is -2.82. The summed E-state index contributed by atoms with van der Waals surface area (Å²) in [5.74, 6) is 0.632. The SMILES string of the molecule is CC(CCCCCCCCCCCCCCC=O)CCN1C(=O)CCC1=O.CO.NC=O.O=CO.O=CO. The van der Waals surface area contributed by atoms with Crippen LogP contribution in [0.1, 0.15) is 116 Å². The minimum absolute atomic E-state index is 0.0186. The Morgan fingerprint density at radius 3 is 1.37 bits per heavy atom. The van der Waals surface area contributed by atoms with E-state index in [1.807, 2.05) is 0 Å². The van der Waals surface area contributed by atoms with E-state index in [0.29, 0.717) is 25.3 Å². The van der Waals surface area contributed by atoms with Crippen molar-refractivity contribution in [1.82, 2.24) is 4.90 Å². The number of rotatable bonds is 18. The first-order valence-corrected chi connectivity index (χ1v) is 13.4. The topological polar surface area (TPSA) is 192 Å². The lowest BCUT2D eigenvalue weighted by atomic mass is 9.98. The lowest BCUT2D eigenvalue weighted by molar-refractivity contribution is -0.138. The highest BCUT2D eigenvalue weighted by atomic mass is 16.3. The van der Waals surface area contributed by atoms with Gasteiger partial charge in [0.1, 0.15) is 6.29 Å². The number of nitrogens with zero attached hydrogens (tertiary/aromatic N) is 1. The molecule has 1 heterocycles. The monoisotopic (exact) mass is 548 g/mol. The molecule has 224 valence electrons. The highest BCUT2D eigenvalue weighted by molar-refractivity contribution is 6.01. The molecule has 1 aliphatic rings. The first kappa shape index (κ1) is 42.3. The molecule has 0 saturated carbocycles. The number of hydrogen-bond acceptors (Lipinski definition) is 7. The Kier molecular flexibility index (Phi) is 43.1. The molecule has 0 spiro atoms. The van der Waals surface area contributed by atoms with Crippen LogP contribution in [-0.2, 0) is 28.8 Å². The second-order valence-electron chi connectivity index (χ2n) is 8.67. The van der Waals surface area contributed by atoms with E-state index in [4.69, 9.17) is 29.7 Å². The highest BCUT2D eigenvalue weighted by Gasteiger charge is 2.28. The molecule has 0 aliphatic carbocycles. The summed E-state index contributed by atoms with van der Waals surface area (Å²) < 4.78 is 0. The van der Waals surface area contributed by atoms with Gasteiger partial charge in [-0.3, -0.25) is 28.9 Å². The summed E-state index contributed by atoms with van der Waals surface area (Å²) in [6.07, 6.45) is 20.6. The molecule has 5 N–H and O–H groups in total. The molecular weight excluding hydrogens is 496 g/mol. The van der Waals surface area contributed by atoms with Crippen molar-refractivity contribution in [2.75, 3.05) is 13.7 Å². The van der Waals surface area contributed by atoms with Crippen LogP contribution in [0.15, 0.2) is 0 Å². The van der Waals surface area contributed by atoms with Crippen molar-refractivity contribution in [1.29, 1.82) is 0 Å². The Morgan fingerprint density at radius 1 is 0.711 bits per heavy atom. The van der Waals surface area contributed by atoms with Crippen LogP contribution in [0, 0.1) is 5.92 Å². The van der Waals surface area contributed by atoms with E-state index >= 15 is 0 Å². The average molecular weight is 549 g/mol. The van der Waals surface area contributed by atoms with Crippen molar-refractivity contribution in [2.45, 2.75) is 116 Å². The van der Waals surface area contributed by atoms with E-state index in [0.717, 1.165) is 32.7 Å². The molecule has 1 unspecified atom stereocenters. The Bertz CT molecular complexity index is 530. The summed E-state index contributed by atoms with van der Waals surface area (Å²) in [7, 11) is 1.00. The average Bonchev–Trinajstić information content (AvgIpc) is 3.22. The Labute approximate surface area is 228 Å². The second kappa shape index (κ2) is 38.7. The van der Waals surface area contributed by atoms with Crippen LogP contribution >= 0.6 is 0 Å². The summed E-state index contributed by atoms with van der Waals surface area (Å²) in [5.41, 5.74) is 4.17. The van der Waals surface area contributed by atoms with Crippen LogP contribution in [-0.4, -0.2) is 71.3 Å². The van der Waals surface area contributed by atoms with Gasteiger partial charge in [0.2, 0.25) is 18.2 Å². The molecule has 1 atom stereocenters. The summed E-state index contributed by atoms with van der Waals surface area (Å²) >= 11 is 0. The maximum Gasteiger partial charge on any atom is 0.290 e. The van der Waals surface area contributed by atoms with Crippen LogP contribution in [0.2, 0.25) is 0 Å². The maximum absolute atomic E-state index is 11.6. The third-order valence-corrected chi connectivity index (χ3v) is 5.77. The summed E-state index contributed by atoms with van der Waals surface area (Å²) in [6, 6.07) is 0. The smallest absolute Gasteiger partial charge is 0.290 e. The van der Waals surface area contributed by atoms with Gasteiger partial charge in [0.15, 0.2) is 0 Å². The van der Waals surface area contributed by atoms with Crippen LogP contribution < -0.4 is 5.73 Å². The van der Waals surface area contributed by atoms with Gasteiger partial charge in [-0.25, -0.2) is 0 Å². The van der Waals surface area contributed by atoms with Gasteiger partial charge in [-0.2, -0.15) is 0 Å². The number of amides is 3. The number of likely N-dealkylation sites (tertiary alicyclic amines) is 1. The molecular formula is C27H52N2O9. The van der Waals surface area contributed by atoms with E-state index in [-0.39, 0.29) is 31.2 Å². The van der Waals surface area contributed by atoms with Crippen molar-refractivity contribution >= 4 is 37.5 Å². The quantitative estimate of drug-likeness (QED) is 0.111. The molecule has 0 aromatic heterocycles. The number of carbonyl (C=O) groups excluding carboxylic acids is 4. The van der Waals surface area contributed by atoms with Gasteiger partial charge in [0, 0.05) is 32.9 Å². The summed E-state index contributed by atoms with van der Waals surface area (Å²) in [4.78, 5) is 60.2. The first-order chi connectivity index (χ1) is 18.4. The van der Waals surface area contributed by atoms with Crippen molar-refractivity contribution in [3.8, 4) is 0 Å². The fourth-order valence-electron chi connectivity index (χ4n) is 3.85. The van der Waals surface area contributed by atoms with E-state index < -0.39 is 0 Å². The van der Waals surface area contributed by atoms with Crippen molar-refractivity contribution in [2.24, 2.45) is 11.7 Å². The zero-order valence-electron chi connectivity index (χ0n) is 23.4. The van der Waals surface area contributed by atoms with Crippen LogP contribution in [0.3, 0.4) is 0 Å². The number of aliphatic hydroxyl groups is 1. The molecule has 1 saturated heterocycles. The summed E-state index contributed by atoms with van der Waals surface area (Å²) in [6.45, 7) is 2.36. The Balaban J connectivity index is -0.000000451. The molecule has 1 rings (SSSR count). The van der Waals surface area contributed by atoms with E-state index in [2.05, 4.69) is 12.7 Å². The number of hydrogen-bond donors (Lipinski definition) is 4. The maximum atomic E-state index is 11.6. The van der Waals surface area contributed by atoms with Gasteiger partial charge in [0.05, 0.1) is 0 Å². The molecule has 11 heteroatoms. The fraction of sp³-hybridized carbons (Fsp3) is 0.778. The minimum Gasteiger partial charge on any atom is -0.483 e. The third-order valence-electron chi connectivity index (χ3n) is 5.77. The number of primary amides is 1. The third kappa shape index (κ3) is 35.3. The molecule has 1 aliphatic heterocycles. The molecule has 38 heavy (non-hydrogen) atoms. The molecule has 3 amide bonds. The van der Waals surface area contributed by atoms with Crippen molar-refractivity contribution < 1.29 is 44.1 Å². The number of nitrogens with two attached hydrogens (primary N) is 1. The molecule has 0 bridgehead atoms. The number of unbranched alkanes of at least 4 members (excludes halogenated alkanes) is 12. The van der Waals surface area contributed by atoms with Crippen LogP contribution in [0.4, 0.5) is 0 Å².